The van der Waals surface area contributed by atoms with Gasteiger partial charge in [0.2, 0.25) is 0 Å². The van der Waals surface area contributed by atoms with E-state index in [2.05, 4.69) is 11.8 Å². The number of benzene rings is 2. The van der Waals surface area contributed by atoms with Gasteiger partial charge in [-0.1, -0.05) is 25.1 Å². The Hall–Kier alpha value is -2.86. The molecule has 0 radical (unpaired) electrons. The Balaban J connectivity index is 1.42. The van der Waals surface area contributed by atoms with Crippen molar-refractivity contribution in [1.29, 1.82) is 0 Å². The van der Waals surface area contributed by atoms with E-state index in [4.69, 9.17) is 9.47 Å². The molecule has 6 heteroatoms. The summed E-state index contributed by atoms with van der Waals surface area (Å²) in [6.45, 7) is 6.44. The summed E-state index contributed by atoms with van der Waals surface area (Å²) in [4.78, 5) is 17.1. The SMILES string of the molecule is COc1ccc(N2CC=C(c3ccc(F)cc3)C2=O)cc1OCCN1CCC(C)CC1. The van der Waals surface area contributed by atoms with Gasteiger partial charge in [-0.05, 0) is 61.7 Å². The molecule has 2 heterocycles. The number of hydrogen-bond acceptors (Lipinski definition) is 4. The number of amides is 1. The number of piperidine rings is 1. The first kappa shape index (κ1) is 21.4. The molecule has 2 aliphatic heterocycles. The van der Waals surface area contributed by atoms with Crippen molar-refractivity contribution in [1.82, 2.24) is 4.90 Å². The Kier molecular flexibility index (Phi) is 6.56. The second-order valence-electron chi connectivity index (χ2n) is 8.25. The Bertz CT molecular complexity index is 950. The highest BCUT2D eigenvalue weighted by Gasteiger charge is 2.27. The highest BCUT2D eigenvalue weighted by Crippen LogP contribution is 2.35. The first-order valence-corrected chi connectivity index (χ1v) is 10.9. The average molecular weight is 425 g/mol. The molecule has 2 aromatic rings. The maximum atomic E-state index is 13.2. The van der Waals surface area contributed by atoms with Crippen LogP contribution in [0, 0.1) is 11.7 Å². The average Bonchev–Trinajstić information content (AvgIpc) is 3.17. The van der Waals surface area contributed by atoms with Gasteiger partial charge >= 0.3 is 0 Å². The summed E-state index contributed by atoms with van der Waals surface area (Å²) < 4.78 is 24.7. The van der Waals surface area contributed by atoms with Crippen molar-refractivity contribution in [2.24, 2.45) is 5.92 Å². The lowest BCUT2D eigenvalue weighted by Crippen LogP contribution is -2.35. The molecule has 1 amide bonds. The molecule has 0 atom stereocenters. The lowest BCUT2D eigenvalue weighted by atomic mass is 9.99. The fourth-order valence-electron chi connectivity index (χ4n) is 4.11. The summed E-state index contributed by atoms with van der Waals surface area (Å²) in [5.41, 5.74) is 2.05. The van der Waals surface area contributed by atoms with Crippen LogP contribution in [0.1, 0.15) is 25.3 Å². The lowest BCUT2D eigenvalue weighted by Gasteiger charge is -2.30. The third kappa shape index (κ3) is 4.90. The molecule has 0 spiro atoms. The van der Waals surface area contributed by atoms with Gasteiger partial charge in [0.1, 0.15) is 12.4 Å². The van der Waals surface area contributed by atoms with E-state index in [0.717, 1.165) is 36.8 Å². The molecule has 1 fully saturated rings. The predicted octanol–water partition coefficient (Wildman–Crippen LogP) is 4.38. The van der Waals surface area contributed by atoms with Gasteiger partial charge in [-0.15, -0.1) is 0 Å². The molecule has 31 heavy (non-hydrogen) atoms. The van der Waals surface area contributed by atoms with Gasteiger partial charge in [-0.25, -0.2) is 4.39 Å². The summed E-state index contributed by atoms with van der Waals surface area (Å²) in [5.74, 6) is 1.66. The summed E-state index contributed by atoms with van der Waals surface area (Å²) in [5, 5.41) is 0. The summed E-state index contributed by atoms with van der Waals surface area (Å²) in [6.07, 6.45) is 4.34. The molecule has 2 aliphatic rings. The van der Waals surface area contributed by atoms with Crippen LogP contribution in [0.3, 0.4) is 0 Å². The van der Waals surface area contributed by atoms with E-state index < -0.39 is 0 Å². The lowest BCUT2D eigenvalue weighted by molar-refractivity contribution is -0.112. The maximum Gasteiger partial charge on any atom is 0.258 e. The molecule has 0 saturated carbocycles. The largest absolute Gasteiger partial charge is 0.493 e. The summed E-state index contributed by atoms with van der Waals surface area (Å²) in [7, 11) is 1.61. The first-order chi connectivity index (χ1) is 15.0. The van der Waals surface area contributed by atoms with Crippen LogP contribution in [-0.4, -0.2) is 50.7 Å². The van der Waals surface area contributed by atoms with Crippen molar-refractivity contribution in [3.8, 4) is 11.5 Å². The van der Waals surface area contributed by atoms with E-state index in [1.807, 2.05) is 24.3 Å². The quantitative estimate of drug-likeness (QED) is 0.662. The van der Waals surface area contributed by atoms with E-state index in [-0.39, 0.29) is 11.7 Å². The van der Waals surface area contributed by atoms with Crippen LogP contribution >= 0.6 is 0 Å². The molecule has 0 N–H and O–H groups in total. The van der Waals surface area contributed by atoms with Gasteiger partial charge in [0, 0.05) is 30.4 Å². The minimum absolute atomic E-state index is 0.106. The van der Waals surface area contributed by atoms with Gasteiger partial charge in [0.05, 0.1) is 7.11 Å². The minimum Gasteiger partial charge on any atom is -0.493 e. The van der Waals surface area contributed by atoms with Crippen molar-refractivity contribution in [3.05, 3.63) is 59.9 Å². The number of carbonyl (C=O) groups excluding carboxylic acids is 1. The van der Waals surface area contributed by atoms with Gasteiger partial charge in [0.15, 0.2) is 11.5 Å². The molecule has 1 saturated heterocycles. The first-order valence-electron chi connectivity index (χ1n) is 10.9. The number of hydrogen-bond donors (Lipinski definition) is 0. The Morgan fingerprint density at radius 2 is 1.81 bits per heavy atom. The monoisotopic (exact) mass is 424 g/mol. The van der Waals surface area contributed by atoms with Crippen LogP contribution in [0.5, 0.6) is 11.5 Å². The number of nitrogens with zero attached hydrogens (tertiary/aromatic N) is 2. The van der Waals surface area contributed by atoms with Crippen LogP contribution in [0.15, 0.2) is 48.5 Å². The van der Waals surface area contributed by atoms with E-state index >= 15 is 0 Å². The van der Waals surface area contributed by atoms with Crippen molar-refractivity contribution >= 4 is 17.2 Å². The van der Waals surface area contributed by atoms with Gasteiger partial charge in [0.25, 0.3) is 5.91 Å². The van der Waals surface area contributed by atoms with Crippen molar-refractivity contribution < 1.29 is 18.7 Å². The number of methoxy groups -OCH3 is 1. The van der Waals surface area contributed by atoms with E-state index in [0.29, 0.717) is 30.2 Å². The second kappa shape index (κ2) is 9.52. The second-order valence-corrected chi connectivity index (χ2v) is 8.25. The topological polar surface area (TPSA) is 42.0 Å². The van der Waals surface area contributed by atoms with Gasteiger partial charge in [-0.2, -0.15) is 0 Å². The fraction of sp³-hybridized carbons (Fsp3) is 0.400. The highest BCUT2D eigenvalue weighted by molar-refractivity contribution is 6.28. The number of carbonyl (C=O) groups is 1. The van der Waals surface area contributed by atoms with Crippen LogP contribution < -0.4 is 14.4 Å². The van der Waals surface area contributed by atoms with Crippen molar-refractivity contribution in [2.75, 3.05) is 44.8 Å². The number of ether oxygens (including phenoxy) is 2. The molecule has 2 aromatic carbocycles. The molecule has 0 unspecified atom stereocenters. The molecule has 0 bridgehead atoms. The number of rotatable bonds is 7. The Morgan fingerprint density at radius 1 is 1.06 bits per heavy atom. The van der Waals surface area contributed by atoms with Gasteiger partial charge < -0.3 is 14.4 Å². The molecule has 4 rings (SSSR count). The van der Waals surface area contributed by atoms with Gasteiger partial charge in [-0.3, -0.25) is 9.69 Å². The summed E-state index contributed by atoms with van der Waals surface area (Å²) >= 11 is 0. The highest BCUT2D eigenvalue weighted by atomic mass is 19.1. The Labute approximate surface area is 183 Å². The zero-order valence-electron chi connectivity index (χ0n) is 18.1. The molecular weight excluding hydrogens is 395 g/mol. The number of anilines is 1. The van der Waals surface area contributed by atoms with E-state index in [1.54, 1.807) is 24.1 Å². The fourth-order valence-corrected chi connectivity index (χ4v) is 4.11. The predicted molar refractivity (Wildman–Crippen MR) is 120 cm³/mol. The van der Waals surface area contributed by atoms with E-state index in [9.17, 15) is 9.18 Å². The molecule has 164 valence electrons. The van der Waals surface area contributed by atoms with E-state index in [1.165, 1.54) is 25.0 Å². The third-order valence-electron chi connectivity index (χ3n) is 6.11. The molecule has 0 aromatic heterocycles. The van der Waals surface area contributed by atoms with Crippen molar-refractivity contribution in [2.45, 2.75) is 19.8 Å². The van der Waals surface area contributed by atoms with Crippen LogP contribution in [0.2, 0.25) is 0 Å². The zero-order chi connectivity index (χ0) is 21.8. The third-order valence-corrected chi connectivity index (χ3v) is 6.11. The Morgan fingerprint density at radius 3 is 2.52 bits per heavy atom. The van der Waals surface area contributed by atoms with Crippen LogP contribution in [0.25, 0.3) is 5.57 Å². The number of likely N-dealkylation sites (tertiary alicyclic amines) is 1. The van der Waals surface area contributed by atoms with Crippen molar-refractivity contribution in [3.63, 3.8) is 0 Å². The summed E-state index contributed by atoms with van der Waals surface area (Å²) in [6, 6.07) is 11.5. The number of halogens is 1. The standard InChI is InChI=1S/C25H29FN2O3/c1-18-9-12-27(13-10-18)15-16-31-24-17-21(7-8-23(24)30-2)28-14-11-22(25(28)29)19-3-5-20(26)6-4-19/h3-8,11,17-18H,9-10,12-16H2,1-2H3. The smallest absolute Gasteiger partial charge is 0.258 e. The zero-order valence-corrected chi connectivity index (χ0v) is 18.1. The van der Waals surface area contributed by atoms with Crippen LogP contribution in [-0.2, 0) is 4.79 Å². The molecule has 0 aliphatic carbocycles. The van der Waals surface area contributed by atoms with Crippen LogP contribution in [0.4, 0.5) is 10.1 Å². The molecular formula is C25H29FN2O3. The minimum atomic E-state index is -0.317. The maximum absolute atomic E-state index is 13.2. The molecule has 5 nitrogen and oxygen atoms in total. The normalized spacial score (nSPS) is 17.7.